The van der Waals surface area contributed by atoms with Crippen LogP contribution in [0.15, 0.2) is 17.3 Å². The van der Waals surface area contributed by atoms with Crippen molar-refractivity contribution < 1.29 is 4.79 Å². The number of imidazole rings is 1. The second-order valence-corrected chi connectivity index (χ2v) is 6.73. The van der Waals surface area contributed by atoms with Crippen LogP contribution < -0.4 is 10.6 Å². The first-order valence-corrected chi connectivity index (χ1v) is 8.94. The van der Waals surface area contributed by atoms with E-state index in [0.717, 1.165) is 35.4 Å². The van der Waals surface area contributed by atoms with Gasteiger partial charge in [-0.1, -0.05) is 6.92 Å². The molecule has 2 aromatic rings. The van der Waals surface area contributed by atoms with Crippen molar-refractivity contribution >= 4 is 39.6 Å². The minimum absolute atomic E-state index is 0.123. The summed E-state index contributed by atoms with van der Waals surface area (Å²) in [7, 11) is 0. The van der Waals surface area contributed by atoms with Gasteiger partial charge in [0.25, 0.3) is 0 Å². The van der Waals surface area contributed by atoms with E-state index in [2.05, 4.69) is 14.5 Å². The number of fused-ring (bicyclic) bond motifs is 1. The van der Waals surface area contributed by atoms with Gasteiger partial charge in [0, 0.05) is 31.9 Å². The molecule has 21 heavy (non-hydrogen) atoms. The van der Waals surface area contributed by atoms with E-state index in [9.17, 15) is 4.79 Å². The molecule has 3 heterocycles. The van der Waals surface area contributed by atoms with Gasteiger partial charge in [0.1, 0.15) is 10.8 Å². The van der Waals surface area contributed by atoms with Crippen LogP contribution in [0.25, 0.3) is 0 Å². The summed E-state index contributed by atoms with van der Waals surface area (Å²) < 4.78 is 2.17. The van der Waals surface area contributed by atoms with Crippen molar-refractivity contribution in [3.8, 4) is 0 Å². The number of hydrogen-bond acceptors (Lipinski definition) is 6. The fourth-order valence-electron chi connectivity index (χ4n) is 2.54. The van der Waals surface area contributed by atoms with E-state index in [-0.39, 0.29) is 5.78 Å². The fourth-order valence-corrected chi connectivity index (χ4v) is 4.75. The van der Waals surface area contributed by atoms with Crippen LogP contribution in [0, 0.1) is 0 Å². The number of Topliss-reactive ketones (excluding diaryl/α,β-unsaturated/α-hetero) is 1. The van der Waals surface area contributed by atoms with Gasteiger partial charge in [-0.2, -0.15) is 0 Å². The van der Waals surface area contributed by atoms with Crippen LogP contribution in [0.1, 0.15) is 28.8 Å². The summed E-state index contributed by atoms with van der Waals surface area (Å²) in [6.45, 7) is 4.46. The van der Waals surface area contributed by atoms with Crippen LogP contribution in [0.2, 0.25) is 0 Å². The molecule has 0 bridgehead atoms. The highest BCUT2D eigenvalue weighted by atomic mass is 32.2. The monoisotopic (exact) mass is 322 g/mol. The van der Waals surface area contributed by atoms with Gasteiger partial charge >= 0.3 is 0 Å². The SMILES string of the molecule is CCC(=O)c1sc(N2CCn3ccnc3C2)c(SC)c1N. The Hall–Kier alpha value is -1.47. The molecular weight excluding hydrogens is 304 g/mol. The predicted molar refractivity (Wildman–Crippen MR) is 88.4 cm³/mol. The zero-order chi connectivity index (χ0) is 15.0. The molecule has 2 aromatic heterocycles. The fraction of sp³-hybridized carbons (Fsp3) is 0.429. The van der Waals surface area contributed by atoms with Crippen LogP contribution in [-0.2, 0) is 13.1 Å². The van der Waals surface area contributed by atoms with E-state index >= 15 is 0 Å². The third kappa shape index (κ3) is 2.44. The maximum Gasteiger partial charge on any atom is 0.174 e. The zero-order valence-corrected chi connectivity index (χ0v) is 13.8. The minimum Gasteiger partial charge on any atom is -0.396 e. The van der Waals surface area contributed by atoms with Crippen molar-refractivity contribution in [1.29, 1.82) is 0 Å². The number of thioether (sulfide) groups is 1. The Balaban J connectivity index is 1.97. The van der Waals surface area contributed by atoms with Crippen molar-refractivity contribution in [3.05, 3.63) is 23.1 Å². The van der Waals surface area contributed by atoms with Gasteiger partial charge in [-0.05, 0) is 6.26 Å². The minimum atomic E-state index is 0.123. The molecule has 5 nitrogen and oxygen atoms in total. The highest BCUT2D eigenvalue weighted by Gasteiger charge is 2.26. The van der Waals surface area contributed by atoms with Crippen LogP contribution in [-0.4, -0.2) is 28.1 Å². The van der Waals surface area contributed by atoms with E-state index in [0.29, 0.717) is 17.0 Å². The summed E-state index contributed by atoms with van der Waals surface area (Å²) >= 11 is 3.13. The average molecular weight is 322 g/mol. The number of nitrogens with two attached hydrogens (primary N) is 1. The van der Waals surface area contributed by atoms with E-state index in [1.54, 1.807) is 11.8 Å². The third-order valence-corrected chi connectivity index (χ3v) is 5.95. The molecule has 0 saturated heterocycles. The summed E-state index contributed by atoms with van der Waals surface area (Å²) in [4.78, 5) is 20.4. The lowest BCUT2D eigenvalue weighted by atomic mass is 10.2. The van der Waals surface area contributed by atoms with Crippen molar-refractivity contribution in [2.75, 3.05) is 23.4 Å². The maximum absolute atomic E-state index is 12.0. The van der Waals surface area contributed by atoms with Gasteiger partial charge in [-0.15, -0.1) is 23.1 Å². The molecule has 1 aliphatic rings. The maximum atomic E-state index is 12.0. The lowest BCUT2D eigenvalue weighted by Crippen LogP contribution is -2.33. The molecule has 0 radical (unpaired) electrons. The van der Waals surface area contributed by atoms with Crippen LogP contribution in [0.3, 0.4) is 0 Å². The van der Waals surface area contributed by atoms with Crippen molar-refractivity contribution in [3.63, 3.8) is 0 Å². The van der Waals surface area contributed by atoms with Crippen molar-refractivity contribution in [1.82, 2.24) is 9.55 Å². The number of rotatable bonds is 4. The van der Waals surface area contributed by atoms with E-state index in [1.165, 1.54) is 11.3 Å². The molecule has 0 fully saturated rings. The van der Waals surface area contributed by atoms with E-state index in [4.69, 9.17) is 5.73 Å². The zero-order valence-electron chi connectivity index (χ0n) is 12.1. The normalized spacial score (nSPS) is 14.3. The largest absolute Gasteiger partial charge is 0.396 e. The second-order valence-electron chi connectivity index (χ2n) is 4.92. The summed E-state index contributed by atoms with van der Waals surface area (Å²) in [6, 6.07) is 0. The van der Waals surface area contributed by atoms with Gasteiger partial charge in [-0.25, -0.2) is 4.98 Å². The summed E-state index contributed by atoms with van der Waals surface area (Å²) in [5, 5.41) is 1.10. The highest BCUT2D eigenvalue weighted by molar-refractivity contribution is 7.99. The van der Waals surface area contributed by atoms with Crippen LogP contribution >= 0.6 is 23.1 Å². The molecule has 2 N–H and O–H groups in total. The van der Waals surface area contributed by atoms with Gasteiger partial charge in [0.05, 0.1) is 22.0 Å². The molecular formula is C14H18N4OS2. The number of thiophene rings is 1. The van der Waals surface area contributed by atoms with Gasteiger partial charge < -0.3 is 15.2 Å². The molecule has 0 atom stereocenters. The number of carbonyl (C=O) groups is 1. The average Bonchev–Trinajstić information content (AvgIpc) is 3.09. The second kappa shape index (κ2) is 5.73. The molecule has 3 rings (SSSR count). The molecule has 0 saturated carbocycles. The summed E-state index contributed by atoms with van der Waals surface area (Å²) in [5.74, 6) is 1.18. The molecule has 0 spiro atoms. The third-order valence-electron chi connectivity index (χ3n) is 3.69. The van der Waals surface area contributed by atoms with Crippen LogP contribution in [0.4, 0.5) is 10.7 Å². The first-order valence-electron chi connectivity index (χ1n) is 6.90. The molecule has 0 aliphatic carbocycles. The van der Waals surface area contributed by atoms with Gasteiger partial charge in [0.15, 0.2) is 5.78 Å². The Morgan fingerprint density at radius 2 is 2.33 bits per heavy atom. The van der Waals surface area contributed by atoms with Crippen molar-refractivity contribution in [2.24, 2.45) is 0 Å². The number of anilines is 2. The molecule has 0 unspecified atom stereocenters. The molecule has 112 valence electrons. The first kappa shape index (κ1) is 14.5. The molecule has 7 heteroatoms. The Kier molecular flexibility index (Phi) is 3.95. The molecule has 0 amide bonds. The Morgan fingerprint density at radius 3 is 3.05 bits per heavy atom. The molecule has 0 aromatic carbocycles. The van der Waals surface area contributed by atoms with E-state index < -0.39 is 0 Å². The first-order chi connectivity index (χ1) is 10.2. The standard InChI is InChI=1S/C14H18N4OS2/c1-3-9(19)12-11(15)13(20-2)14(21-12)18-7-6-17-5-4-16-10(17)8-18/h4-5H,3,6-8,15H2,1-2H3. The Labute approximate surface area is 132 Å². The Bertz CT molecular complexity index is 677. The quantitative estimate of drug-likeness (QED) is 0.692. The lowest BCUT2D eigenvalue weighted by molar-refractivity contribution is 0.0992. The predicted octanol–water partition coefficient (Wildman–Crippen LogP) is 2.86. The molecule has 1 aliphatic heterocycles. The number of aromatic nitrogens is 2. The smallest absolute Gasteiger partial charge is 0.174 e. The van der Waals surface area contributed by atoms with Crippen molar-refractivity contribution in [2.45, 2.75) is 31.3 Å². The topological polar surface area (TPSA) is 64.2 Å². The summed E-state index contributed by atoms with van der Waals surface area (Å²) in [5.41, 5.74) is 6.84. The lowest BCUT2D eigenvalue weighted by Gasteiger charge is -2.29. The van der Waals surface area contributed by atoms with Gasteiger partial charge in [0.2, 0.25) is 0 Å². The van der Waals surface area contributed by atoms with E-state index in [1.807, 2.05) is 25.6 Å². The highest BCUT2D eigenvalue weighted by Crippen LogP contribution is 2.45. The number of hydrogen-bond donors (Lipinski definition) is 1. The number of carbonyl (C=O) groups excluding carboxylic acids is 1. The Morgan fingerprint density at radius 1 is 1.52 bits per heavy atom. The van der Waals surface area contributed by atoms with Crippen LogP contribution in [0.5, 0.6) is 0 Å². The number of nitrogen functional groups attached to an aromatic ring is 1. The van der Waals surface area contributed by atoms with Gasteiger partial charge in [-0.3, -0.25) is 4.79 Å². The summed E-state index contributed by atoms with van der Waals surface area (Å²) in [6.07, 6.45) is 6.34. The number of nitrogens with zero attached hydrogens (tertiary/aromatic N) is 3. The number of ketones is 1.